The van der Waals surface area contributed by atoms with Crippen LogP contribution in [-0.2, 0) is 16.0 Å². The number of nitrogens with zero attached hydrogens (tertiary/aromatic N) is 2. The van der Waals surface area contributed by atoms with Crippen molar-refractivity contribution in [3.05, 3.63) is 59.9 Å². The Labute approximate surface area is 152 Å². The monoisotopic (exact) mass is 352 g/mol. The molecule has 0 N–H and O–H groups in total. The normalized spacial score (nSPS) is 10.3. The van der Waals surface area contributed by atoms with E-state index >= 15 is 0 Å². The largest absolute Gasteiger partial charge is 0.493 e. The molecule has 0 atom stereocenters. The number of rotatable bonds is 9. The van der Waals surface area contributed by atoms with E-state index in [1.165, 1.54) is 13.2 Å². The molecule has 0 fully saturated rings. The summed E-state index contributed by atoms with van der Waals surface area (Å²) in [5.41, 5.74) is 1.88. The summed E-state index contributed by atoms with van der Waals surface area (Å²) in [5, 5.41) is 8.56. The molecule has 0 spiro atoms. The van der Waals surface area contributed by atoms with Gasteiger partial charge in [-0.05, 0) is 48.2 Å². The molecule has 134 valence electrons. The number of nitriles is 1. The minimum Gasteiger partial charge on any atom is -0.493 e. The number of carbonyl (C=O) groups is 1. The summed E-state index contributed by atoms with van der Waals surface area (Å²) in [6.07, 6.45) is 8.09. The van der Waals surface area contributed by atoms with E-state index in [4.69, 9.17) is 19.5 Å². The highest BCUT2D eigenvalue weighted by atomic mass is 16.5. The quantitative estimate of drug-likeness (QED) is 0.392. The van der Waals surface area contributed by atoms with Crippen LogP contribution in [0.15, 0.2) is 48.8 Å². The zero-order valence-electron chi connectivity index (χ0n) is 14.6. The summed E-state index contributed by atoms with van der Waals surface area (Å²) in [4.78, 5) is 15.8. The predicted molar refractivity (Wildman–Crippen MR) is 96.7 cm³/mol. The van der Waals surface area contributed by atoms with Gasteiger partial charge in [-0.15, -0.1) is 0 Å². The molecular weight excluding hydrogens is 332 g/mol. The number of aromatic nitrogens is 1. The van der Waals surface area contributed by atoms with Crippen LogP contribution in [0, 0.1) is 11.3 Å². The lowest BCUT2D eigenvalue weighted by molar-refractivity contribution is -0.137. The average Bonchev–Trinajstić information content (AvgIpc) is 2.69. The van der Waals surface area contributed by atoms with E-state index in [-0.39, 0.29) is 6.61 Å². The molecule has 1 aromatic heterocycles. The first-order valence-corrected chi connectivity index (χ1v) is 8.14. The number of hydrogen-bond donors (Lipinski definition) is 0. The highest BCUT2D eigenvalue weighted by molar-refractivity contribution is 5.87. The van der Waals surface area contributed by atoms with Gasteiger partial charge in [-0.2, -0.15) is 5.26 Å². The van der Waals surface area contributed by atoms with Crippen molar-refractivity contribution < 1.29 is 19.0 Å². The summed E-state index contributed by atoms with van der Waals surface area (Å²) in [7, 11) is 1.51. The number of aryl methyl sites for hydroxylation is 1. The van der Waals surface area contributed by atoms with Crippen molar-refractivity contribution >= 4 is 12.0 Å². The first-order chi connectivity index (χ1) is 12.7. The molecule has 0 radical (unpaired) electrons. The molecule has 6 nitrogen and oxygen atoms in total. The zero-order chi connectivity index (χ0) is 18.6. The fraction of sp³-hybridized carbons (Fsp3) is 0.250. The summed E-state index contributed by atoms with van der Waals surface area (Å²) < 4.78 is 15.7. The Morgan fingerprint density at radius 2 is 2.19 bits per heavy atom. The Hall–Kier alpha value is -3.33. The van der Waals surface area contributed by atoms with Crippen LogP contribution >= 0.6 is 0 Å². The van der Waals surface area contributed by atoms with E-state index < -0.39 is 5.97 Å². The smallest absolute Gasteiger partial charge is 0.330 e. The average molecular weight is 352 g/mol. The number of carbonyl (C=O) groups excluding carboxylic acids is 1. The van der Waals surface area contributed by atoms with Gasteiger partial charge in [0.2, 0.25) is 0 Å². The van der Waals surface area contributed by atoms with Gasteiger partial charge in [0, 0.05) is 18.5 Å². The van der Waals surface area contributed by atoms with Gasteiger partial charge in [-0.1, -0.05) is 12.1 Å². The van der Waals surface area contributed by atoms with E-state index in [0.29, 0.717) is 18.1 Å². The number of methoxy groups -OCH3 is 1. The van der Waals surface area contributed by atoms with E-state index in [2.05, 4.69) is 4.98 Å². The third kappa shape index (κ3) is 6.29. The second kappa shape index (κ2) is 10.5. The number of benzene rings is 1. The van der Waals surface area contributed by atoms with Crippen molar-refractivity contribution in [1.82, 2.24) is 4.98 Å². The molecule has 2 aromatic rings. The molecule has 0 saturated carbocycles. The van der Waals surface area contributed by atoms with Crippen LogP contribution in [0.25, 0.3) is 6.08 Å². The van der Waals surface area contributed by atoms with E-state index in [1.54, 1.807) is 36.7 Å². The Balaban J connectivity index is 1.80. The van der Waals surface area contributed by atoms with E-state index in [0.717, 1.165) is 24.0 Å². The first kappa shape index (κ1) is 19.0. The number of hydrogen-bond acceptors (Lipinski definition) is 6. The molecule has 0 amide bonds. The van der Waals surface area contributed by atoms with Gasteiger partial charge in [0.25, 0.3) is 0 Å². The molecule has 0 bridgehead atoms. The van der Waals surface area contributed by atoms with Crippen molar-refractivity contribution in [2.24, 2.45) is 0 Å². The summed E-state index contributed by atoms with van der Waals surface area (Å²) in [6, 6.07) is 11.0. The third-order valence-corrected chi connectivity index (χ3v) is 3.47. The maximum absolute atomic E-state index is 11.8. The van der Waals surface area contributed by atoms with Gasteiger partial charge in [0.05, 0.1) is 13.7 Å². The standard InChI is InChI=1S/C20H20N2O4/c1-24-19-14-16(6-8-18(19)25-13-10-21)7-9-20(23)26-12-3-5-17-4-2-11-22-15-17/h2,4,6-9,11,14-15H,3,5,12-13H2,1H3. The van der Waals surface area contributed by atoms with Gasteiger partial charge in [-0.3, -0.25) is 4.98 Å². The number of pyridine rings is 1. The van der Waals surface area contributed by atoms with Crippen LogP contribution in [0.1, 0.15) is 17.5 Å². The lowest BCUT2D eigenvalue weighted by atomic mass is 10.2. The van der Waals surface area contributed by atoms with Crippen molar-refractivity contribution in [2.75, 3.05) is 20.3 Å². The highest BCUT2D eigenvalue weighted by Crippen LogP contribution is 2.28. The van der Waals surface area contributed by atoms with Gasteiger partial charge in [0.15, 0.2) is 18.1 Å². The molecular formula is C20H20N2O4. The van der Waals surface area contributed by atoms with Crippen LogP contribution < -0.4 is 9.47 Å². The fourth-order valence-corrected chi connectivity index (χ4v) is 2.22. The van der Waals surface area contributed by atoms with Crippen LogP contribution in [0.5, 0.6) is 11.5 Å². The van der Waals surface area contributed by atoms with Crippen molar-refractivity contribution in [1.29, 1.82) is 5.26 Å². The maximum atomic E-state index is 11.8. The topological polar surface area (TPSA) is 81.4 Å². The lowest BCUT2D eigenvalue weighted by Crippen LogP contribution is -2.03. The van der Waals surface area contributed by atoms with Crippen LogP contribution in [0.4, 0.5) is 0 Å². The molecule has 1 aromatic carbocycles. The molecule has 6 heteroatoms. The Kier molecular flexibility index (Phi) is 7.69. The Bertz CT molecular complexity index is 782. The summed E-state index contributed by atoms with van der Waals surface area (Å²) in [5.74, 6) is 0.566. The van der Waals surface area contributed by atoms with Crippen LogP contribution in [-0.4, -0.2) is 31.3 Å². The van der Waals surface area contributed by atoms with Gasteiger partial charge >= 0.3 is 5.97 Å². The minimum atomic E-state index is -0.403. The molecule has 0 unspecified atom stereocenters. The summed E-state index contributed by atoms with van der Waals surface area (Å²) in [6.45, 7) is 0.291. The van der Waals surface area contributed by atoms with Crippen molar-refractivity contribution in [3.8, 4) is 17.6 Å². The molecule has 0 saturated heterocycles. The van der Waals surface area contributed by atoms with Gasteiger partial charge in [-0.25, -0.2) is 4.79 Å². The van der Waals surface area contributed by atoms with E-state index in [9.17, 15) is 4.79 Å². The van der Waals surface area contributed by atoms with Crippen molar-refractivity contribution in [3.63, 3.8) is 0 Å². The van der Waals surface area contributed by atoms with Crippen LogP contribution in [0.3, 0.4) is 0 Å². The molecule has 1 heterocycles. The molecule has 2 rings (SSSR count). The first-order valence-electron chi connectivity index (χ1n) is 8.14. The molecule has 0 aliphatic rings. The fourth-order valence-electron chi connectivity index (χ4n) is 2.22. The van der Waals surface area contributed by atoms with Gasteiger partial charge < -0.3 is 14.2 Å². The minimum absolute atomic E-state index is 0.0586. The predicted octanol–water partition coefficient (Wildman–Crippen LogP) is 3.18. The number of esters is 1. The molecule has 0 aliphatic carbocycles. The van der Waals surface area contributed by atoms with Crippen molar-refractivity contribution in [2.45, 2.75) is 12.8 Å². The highest BCUT2D eigenvalue weighted by Gasteiger charge is 2.05. The summed E-state index contributed by atoms with van der Waals surface area (Å²) >= 11 is 0. The maximum Gasteiger partial charge on any atom is 0.330 e. The SMILES string of the molecule is COc1cc(C=CC(=O)OCCCc2cccnc2)ccc1OCC#N. The lowest BCUT2D eigenvalue weighted by Gasteiger charge is -2.08. The van der Waals surface area contributed by atoms with Gasteiger partial charge in [0.1, 0.15) is 6.07 Å². The third-order valence-electron chi connectivity index (χ3n) is 3.47. The van der Waals surface area contributed by atoms with Crippen LogP contribution in [0.2, 0.25) is 0 Å². The molecule has 0 aliphatic heterocycles. The molecule has 26 heavy (non-hydrogen) atoms. The Morgan fingerprint density at radius 1 is 1.31 bits per heavy atom. The number of ether oxygens (including phenoxy) is 3. The second-order valence-electron chi connectivity index (χ2n) is 5.32. The second-order valence-corrected chi connectivity index (χ2v) is 5.32. The van der Waals surface area contributed by atoms with E-state index in [1.807, 2.05) is 18.2 Å². The zero-order valence-corrected chi connectivity index (χ0v) is 14.6. The Morgan fingerprint density at radius 3 is 2.92 bits per heavy atom.